The van der Waals surface area contributed by atoms with Crippen molar-refractivity contribution in [1.82, 2.24) is 4.90 Å². The summed E-state index contributed by atoms with van der Waals surface area (Å²) in [6, 6.07) is 0. The van der Waals surface area contributed by atoms with Gasteiger partial charge in [0, 0.05) is 26.1 Å². The zero-order chi connectivity index (χ0) is 10.6. The van der Waals surface area contributed by atoms with Crippen molar-refractivity contribution in [3.8, 4) is 0 Å². The molecule has 0 aromatic heterocycles. The summed E-state index contributed by atoms with van der Waals surface area (Å²) in [6.07, 6.45) is 3.75. The zero-order valence-electron chi connectivity index (χ0n) is 9.45. The summed E-state index contributed by atoms with van der Waals surface area (Å²) >= 11 is 0. The molecule has 0 aliphatic carbocycles. The SMILES string of the molecule is CC(C)C(=O)N(C)CC1CCCCO1. The molecule has 1 saturated heterocycles. The smallest absolute Gasteiger partial charge is 0.224 e. The molecule has 1 heterocycles. The van der Waals surface area contributed by atoms with E-state index >= 15 is 0 Å². The molecule has 0 saturated carbocycles. The molecule has 0 radical (unpaired) electrons. The van der Waals surface area contributed by atoms with Crippen molar-refractivity contribution in [2.45, 2.75) is 39.2 Å². The first-order chi connectivity index (χ1) is 6.61. The van der Waals surface area contributed by atoms with E-state index in [1.54, 1.807) is 4.90 Å². The molecule has 1 rings (SSSR count). The number of likely N-dealkylation sites (N-methyl/N-ethyl adjacent to an activating group) is 1. The minimum absolute atomic E-state index is 0.0867. The lowest BCUT2D eigenvalue weighted by Crippen LogP contribution is -2.38. The van der Waals surface area contributed by atoms with Crippen LogP contribution in [0.2, 0.25) is 0 Å². The molecule has 0 bridgehead atoms. The maximum Gasteiger partial charge on any atom is 0.224 e. The molecule has 14 heavy (non-hydrogen) atoms. The first kappa shape index (κ1) is 11.5. The Kier molecular flexibility index (Phi) is 4.39. The Morgan fingerprint density at radius 1 is 1.50 bits per heavy atom. The summed E-state index contributed by atoms with van der Waals surface area (Å²) in [6.45, 7) is 5.46. The van der Waals surface area contributed by atoms with Gasteiger partial charge in [-0.15, -0.1) is 0 Å². The van der Waals surface area contributed by atoms with Gasteiger partial charge in [0.1, 0.15) is 0 Å². The van der Waals surface area contributed by atoms with Crippen LogP contribution in [0.1, 0.15) is 33.1 Å². The minimum Gasteiger partial charge on any atom is -0.376 e. The number of hydrogen-bond acceptors (Lipinski definition) is 2. The average molecular weight is 199 g/mol. The first-order valence-corrected chi connectivity index (χ1v) is 5.48. The van der Waals surface area contributed by atoms with E-state index in [1.165, 1.54) is 12.8 Å². The molecular formula is C11H21NO2. The van der Waals surface area contributed by atoms with Gasteiger partial charge >= 0.3 is 0 Å². The van der Waals surface area contributed by atoms with Crippen LogP contribution in [-0.2, 0) is 9.53 Å². The summed E-state index contributed by atoms with van der Waals surface area (Å²) in [5.41, 5.74) is 0. The predicted octanol–water partition coefficient (Wildman–Crippen LogP) is 1.67. The van der Waals surface area contributed by atoms with Gasteiger partial charge in [-0.3, -0.25) is 4.79 Å². The molecule has 1 amide bonds. The van der Waals surface area contributed by atoms with Crippen molar-refractivity contribution in [3.05, 3.63) is 0 Å². The lowest BCUT2D eigenvalue weighted by molar-refractivity contribution is -0.135. The van der Waals surface area contributed by atoms with Crippen LogP contribution < -0.4 is 0 Å². The maximum absolute atomic E-state index is 11.6. The van der Waals surface area contributed by atoms with Gasteiger partial charge in [-0.25, -0.2) is 0 Å². The van der Waals surface area contributed by atoms with E-state index < -0.39 is 0 Å². The van der Waals surface area contributed by atoms with E-state index in [0.29, 0.717) is 0 Å². The normalized spacial score (nSPS) is 22.4. The fourth-order valence-electron chi connectivity index (χ4n) is 1.79. The standard InChI is InChI=1S/C11H21NO2/c1-9(2)11(13)12(3)8-10-6-4-5-7-14-10/h9-10H,4-8H2,1-3H3. The van der Waals surface area contributed by atoms with Gasteiger partial charge < -0.3 is 9.64 Å². The van der Waals surface area contributed by atoms with Crippen LogP contribution in [0.5, 0.6) is 0 Å². The van der Waals surface area contributed by atoms with E-state index in [2.05, 4.69) is 0 Å². The Balaban J connectivity index is 2.31. The number of hydrogen-bond donors (Lipinski definition) is 0. The molecule has 1 aliphatic heterocycles. The van der Waals surface area contributed by atoms with Crippen molar-refractivity contribution in [2.24, 2.45) is 5.92 Å². The first-order valence-electron chi connectivity index (χ1n) is 5.48. The summed E-state index contributed by atoms with van der Waals surface area (Å²) in [4.78, 5) is 13.4. The quantitative estimate of drug-likeness (QED) is 0.692. The number of carbonyl (C=O) groups is 1. The summed E-state index contributed by atoms with van der Waals surface area (Å²) in [5.74, 6) is 0.294. The molecule has 1 atom stereocenters. The fraction of sp³-hybridized carbons (Fsp3) is 0.909. The van der Waals surface area contributed by atoms with Gasteiger partial charge in [0.2, 0.25) is 5.91 Å². The minimum atomic E-state index is 0.0867. The molecule has 0 spiro atoms. The second-order valence-corrected chi connectivity index (χ2v) is 4.36. The second kappa shape index (κ2) is 5.35. The average Bonchev–Trinajstić information content (AvgIpc) is 2.18. The van der Waals surface area contributed by atoms with E-state index in [-0.39, 0.29) is 17.9 Å². The van der Waals surface area contributed by atoms with Crippen LogP contribution in [0.3, 0.4) is 0 Å². The van der Waals surface area contributed by atoms with Crippen LogP contribution in [0.4, 0.5) is 0 Å². The van der Waals surface area contributed by atoms with E-state index in [9.17, 15) is 4.79 Å². The van der Waals surface area contributed by atoms with E-state index in [1.807, 2.05) is 20.9 Å². The van der Waals surface area contributed by atoms with Crippen molar-refractivity contribution >= 4 is 5.91 Å². The number of rotatable bonds is 3. The van der Waals surface area contributed by atoms with Gasteiger partial charge in [-0.2, -0.15) is 0 Å². The van der Waals surface area contributed by atoms with Crippen LogP contribution >= 0.6 is 0 Å². The summed E-state index contributed by atoms with van der Waals surface area (Å²) < 4.78 is 5.58. The molecule has 1 fully saturated rings. The van der Waals surface area contributed by atoms with E-state index in [0.717, 1.165) is 19.6 Å². The molecule has 0 aromatic rings. The van der Waals surface area contributed by atoms with Crippen molar-refractivity contribution in [3.63, 3.8) is 0 Å². The van der Waals surface area contributed by atoms with Crippen molar-refractivity contribution in [1.29, 1.82) is 0 Å². The highest BCUT2D eigenvalue weighted by molar-refractivity contribution is 5.77. The van der Waals surface area contributed by atoms with Gasteiger partial charge in [0.05, 0.1) is 6.10 Å². The molecular weight excluding hydrogens is 178 g/mol. The molecule has 0 aromatic carbocycles. The van der Waals surface area contributed by atoms with Crippen LogP contribution in [0.25, 0.3) is 0 Å². The molecule has 1 unspecified atom stereocenters. The highest BCUT2D eigenvalue weighted by Crippen LogP contribution is 2.14. The number of carbonyl (C=O) groups excluding carboxylic acids is 1. The predicted molar refractivity (Wildman–Crippen MR) is 56.1 cm³/mol. The Labute approximate surface area is 86.4 Å². The highest BCUT2D eigenvalue weighted by Gasteiger charge is 2.19. The van der Waals surface area contributed by atoms with Crippen molar-refractivity contribution in [2.75, 3.05) is 20.2 Å². The Bertz CT molecular complexity index is 186. The molecule has 1 aliphatic rings. The topological polar surface area (TPSA) is 29.5 Å². The van der Waals surface area contributed by atoms with Crippen LogP contribution in [0, 0.1) is 5.92 Å². The van der Waals surface area contributed by atoms with Gasteiger partial charge in [0.15, 0.2) is 0 Å². The zero-order valence-corrected chi connectivity index (χ0v) is 9.45. The maximum atomic E-state index is 11.6. The third-order valence-corrected chi connectivity index (χ3v) is 2.62. The number of ether oxygens (including phenoxy) is 1. The number of nitrogens with zero attached hydrogens (tertiary/aromatic N) is 1. The Morgan fingerprint density at radius 3 is 2.71 bits per heavy atom. The fourth-order valence-corrected chi connectivity index (χ4v) is 1.79. The Hall–Kier alpha value is -0.570. The monoisotopic (exact) mass is 199 g/mol. The number of amides is 1. The lowest BCUT2D eigenvalue weighted by atomic mass is 10.1. The Morgan fingerprint density at radius 2 is 2.21 bits per heavy atom. The molecule has 3 nitrogen and oxygen atoms in total. The van der Waals surface area contributed by atoms with Gasteiger partial charge in [-0.05, 0) is 19.3 Å². The van der Waals surface area contributed by atoms with Gasteiger partial charge in [0.25, 0.3) is 0 Å². The summed E-state index contributed by atoms with van der Waals surface area (Å²) in [5, 5.41) is 0. The molecule has 82 valence electrons. The highest BCUT2D eigenvalue weighted by atomic mass is 16.5. The third-order valence-electron chi connectivity index (χ3n) is 2.62. The van der Waals surface area contributed by atoms with Crippen LogP contribution in [-0.4, -0.2) is 37.1 Å². The molecule has 3 heteroatoms. The third kappa shape index (κ3) is 3.29. The second-order valence-electron chi connectivity index (χ2n) is 4.36. The van der Waals surface area contributed by atoms with Crippen LogP contribution in [0.15, 0.2) is 0 Å². The molecule has 0 N–H and O–H groups in total. The summed E-state index contributed by atoms with van der Waals surface area (Å²) in [7, 11) is 1.86. The largest absolute Gasteiger partial charge is 0.376 e. The van der Waals surface area contributed by atoms with Gasteiger partial charge in [-0.1, -0.05) is 13.8 Å². The van der Waals surface area contributed by atoms with Crippen molar-refractivity contribution < 1.29 is 9.53 Å². The lowest BCUT2D eigenvalue weighted by Gasteiger charge is -2.28. The van der Waals surface area contributed by atoms with E-state index in [4.69, 9.17) is 4.74 Å².